The minimum atomic E-state index is -0.589. The van der Waals surface area contributed by atoms with Gasteiger partial charge in [0.05, 0.1) is 21.8 Å². The Morgan fingerprint density at radius 2 is 2.05 bits per heavy atom. The van der Waals surface area contributed by atoms with Gasteiger partial charge < -0.3 is 24.3 Å². The zero-order valence-electron chi connectivity index (χ0n) is 21.2. The molecule has 2 aliphatic rings. The number of benzene rings is 1. The number of hydrogen-bond acceptors (Lipinski definition) is 5. The van der Waals surface area contributed by atoms with E-state index in [-0.39, 0.29) is 18.7 Å². The van der Waals surface area contributed by atoms with Gasteiger partial charge in [-0.25, -0.2) is 9.48 Å². The number of aromatic nitrogens is 3. The highest BCUT2D eigenvalue weighted by molar-refractivity contribution is 6.45. The fraction of sp³-hybridized carbons (Fsp3) is 0.500. The molecule has 0 bridgehead atoms. The van der Waals surface area contributed by atoms with Crippen molar-refractivity contribution in [2.75, 3.05) is 26.2 Å². The van der Waals surface area contributed by atoms with Gasteiger partial charge in [-0.1, -0.05) is 29.3 Å². The molecule has 2 aliphatic heterocycles. The minimum absolute atomic E-state index is 0.114. The molecule has 0 radical (unpaired) electrons. The third-order valence-electron chi connectivity index (χ3n) is 6.59. The molecule has 0 spiro atoms. The summed E-state index contributed by atoms with van der Waals surface area (Å²) >= 11 is 13.0. The van der Waals surface area contributed by atoms with Crippen LogP contribution in [0.25, 0.3) is 22.0 Å². The van der Waals surface area contributed by atoms with Crippen LogP contribution in [0.1, 0.15) is 56.8 Å². The van der Waals surface area contributed by atoms with Crippen LogP contribution < -0.4 is 5.32 Å². The Hall–Kier alpha value is -2.75. The van der Waals surface area contributed by atoms with E-state index < -0.39 is 11.7 Å². The maximum absolute atomic E-state index is 13.8. The Kier molecular flexibility index (Phi) is 7.13. The second kappa shape index (κ2) is 10.2. The van der Waals surface area contributed by atoms with Gasteiger partial charge >= 0.3 is 6.09 Å². The number of carbonyl (C=O) groups excluding carboxylic acids is 2. The molecule has 2 amide bonds. The van der Waals surface area contributed by atoms with Crippen LogP contribution in [0.2, 0.25) is 10.0 Å². The normalized spacial score (nSPS) is 18.2. The molecule has 2 aromatic heterocycles. The molecular formula is C26H31Cl2N5O4. The molecule has 1 aromatic carbocycles. The number of halogens is 2. The average Bonchev–Trinajstić information content (AvgIpc) is 3.46. The van der Waals surface area contributed by atoms with Crippen LogP contribution in [-0.4, -0.2) is 63.1 Å². The first-order valence-electron chi connectivity index (χ1n) is 12.6. The van der Waals surface area contributed by atoms with Gasteiger partial charge in [-0.05, 0) is 46.1 Å². The Labute approximate surface area is 225 Å². The zero-order chi connectivity index (χ0) is 26.3. The molecule has 3 aromatic rings. The van der Waals surface area contributed by atoms with Crippen LogP contribution >= 0.6 is 23.2 Å². The molecule has 9 nitrogen and oxygen atoms in total. The average molecular weight is 548 g/mol. The van der Waals surface area contributed by atoms with Crippen molar-refractivity contribution < 1.29 is 19.1 Å². The molecule has 0 aliphatic carbocycles. The van der Waals surface area contributed by atoms with E-state index in [1.165, 1.54) is 0 Å². The molecule has 11 heteroatoms. The monoisotopic (exact) mass is 547 g/mol. The van der Waals surface area contributed by atoms with Crippen LogP contribution in [0, 0.1) is 0 Å². The van der Waals surface area contributed by atoms with Crippen molar-refractivity contribution in [3.8, 4) is 11.1 Å². The summed E-state index contributed by atoms with van der Waals surface area (Å²) in [6.07, 6.45) is 6.12. The minimum Gasteiger partial charge on any atom is -0.444 e. The van der Waals surface area contributed by atoms with Crippen molar-refractivity contribution in [2.45, 2.75) is 58.4 Å². The van der Waals surface area contributed by atoms with E-state index >= 15 is 0 Å². The number of alkyl carbamates (subject to hydrolysis) is 1. The number of nitrogens with zero attached hydrogens (tertiary/aromatic N) is 4. The molecule has 1 atom stereocenters. The third-order valence-corrected chi connectivity index (χ3v) is 7.38. The first-order chi connectivity index (χ1) is 17.6. The van der Waals surface area contributed by atoms with E-state index in [4.69, 9.17) is 32.7 Å². The van der Waals surface area contributed by atoms with Crippen molar-refractivity contribution >= 4 is 46.1 Å². The summed E-state index contributed by atoms with van der Waals surface area (Å²) in [6.45, 7) is 7.78. The predicted molar refractivity (Wildman–Crippen MR) is 142 cm³/mol. The van der Waals surface area contributed by atoms with Gasteiger partial charge in [0, 0.05) is 55.5 Å². The van der Waals surface area contributed by atoms with Crippen molar-refractivity contribution in [1.29, 1.82) is 0 Å². The molecule has 1 saturated heterocycles. The summed E-state index contributed by atoms with van der Waals surface area (Å²) in [7, 11) is 0. The first kappa shape index (κ1) is 25.9. The second-order valence-electron chi connectivity index (χ2n) is 10.4. The highest BCUT2D eigenvalue weighted by Crippen LogP contribution is 2.42. The number of amides is 2. The number of carbonyl (C=O) groups is 2. The van der Waals surface area contributed by atoms with Crippen LogP contribution in [0.5, 0.6) is 0 Å². The van der Waals surface area contributed by atoms with Gasteiger partial charge in [0.25, 0.3) is 5.91 Å². The van der Waals surface area contributed by atoms with Crippen LogP contribution in [0.3, 0.4) is 0 Å². The molecule has 1 unspecified atom stereocenters. The lowest BCUT2D eigenvalue weighted by Gasteiger charge is -2.29. The molecule has 5 rings (SSSR count). The smallest absolute Gasteiger partial charge is 0.407 e. The van der Waals surface area contributed by atoms with E-state index in [9.17, 15) is 9.59 Å². The summed E-state index contributed by atoms with van der Waals surface area (Å²) in [5.41, 5.74) is 2.26. The second-order valence-corrected chi connectivity index (χ2v) is 11.2. The molecule has 4 heterocycles. The van der Waals surface area contributed by atoms with E-state index in [0.29, 0.717) is 42.0 Å². The predicted octanol–water partition coefficient (Wildman–Crippen LogP) is 5.49. The fourth-order valence-corrected chi connectivity index (χ4v) is 5.39. The van der Waals surface area contributed by atoms with Crippen molar-refractivity contribution in [3.05, 3.63) is 40.3 Å². The number of fused-ring (bicyclic) bond motifs is 3. The van der Waals surface area contributed by atoms with E-state index in [0.717, 1.165) is 41.3 Å². The number of hydrogen-bond donors (Lipinski definition) is 1. The topological polar surface area (TPSA) is 90.6 Å². The Morgan fingerprint density at radius 3 is 2.78 bits per heavy atom. The molecule has 1 N–H and O–H groups in total. The highest BCUT2D eigenvalue weighted by Gasteiger charge is 2.33. The van der Waals surface area contributed by atoms with E-state index in [1.54, 1.807) is 37.9 Å². The quantitative estimate of drug-likeness (QED) is 0.456. The lowest BCUT2D eigenvalue weighted by Crippen LogP contribution is -2.44. The van der Waals surface area contributed by atoms with Crippen molar-refractivity contribution in [2.24, 2.45) is 0 Å². The van der Waals surface area contributed by atoms with Crippen LogP contribution in [0.4, 0.5) is 4.79 Å². The van der Waals surface area contributed by atoms with Gasteiger partial charge in [0.15, 0.2) is 0 Å². The van der Waals surface area contributed by atoms with E-state index in [1.807, 2.05) is 21.5 Å². The molecular weight excluding hydrogens is 517 g/mol. The summed E-state index contributed by atoms with van der Waals surface area (Å²) in [4.78, 5) is 27.6. The zero-order valence-corrected chi connectivity index (χ0v) is 22.7. The summed E-state index contributed by atoms with van der Waals surface area (Å²) in [5, 5.41) is 9.00. The van der Waals surface area contributed by atoms with E-state index in [2.05, 4.69) is 10.4 Å². The summed E-state index contributed by atoms with van der Waals surface area (Å²) in [5.74, 6) is -0.141. The van der Waals surface area contributed by atoms with Gasteiger partial charge in [-0.15, -0.1) is 0 Å². The largest absolute Gasteiger partial charge is 0.444 e. The standard InChI is InChI=1S/C26H31Cl2N5O4/c1-26(2,3)37-25(35)29-9-10-31-11-12-32-22-17(7-8-18(27)21(22)28)20(23(32)24(31)34)16-14-30-33(15-16)19-6-4-5-13-36-19/h7-8,14-15,19H,4-6,9-13H2,1-3H3,(H,29,35). The van der Waals surface area contributed by atoms with Gasteiger partial charge in [0.2, 0.25) is 0 Å². The van der Waals surface area contributed by atoms with Crippen LogP contribution in [-0.2, 0) is 16.0 Å². The molecule has 1 fully saturated rings. The Morgan fingerprint density at radius 1 is 1.24 bits per heavy atom. The number of nitrogens with one attached hydrogen (secondary N) is 1. The fourth-order valence-electron chi connectivity index (χ4n) is 4.97. The van der Waals surface area contributed by atoms with Gasteiger partial charge in [-0.2, -0.15) is 5.10 Å². The SMILES string of the molecule is CC(C)(C)OC(=O)NCCN1CCn2c(c(-c3cnn(C4CCCCO4)c3)c3ccc(Cl)c(Cl)c32)C1=O. The highest BCUT2D eigenvalue weighted by atomic mass is 35.5. The lowest BCUT2D eigenvalue weighted by atomic mass is 10.0. The number of rotatable bonds is 5. The van der Waals surface area contributed by atoms with Gasteiger partial charge in [0.1, 0.15) is 17.5 Å². The molecule has 0 saturated carbocycles. The summed E-state index contributed by atoms with van der Waals surface area (Å²) < 4.78 is 15.0. The summed E-state index contributed by atoms with van der Waals surface area (Å²) in [6, 6.07) is 3.66. The Balaban J connectivity index is 1.47. The Bertz CT molecular complexity index is 1340. The first-order valence-corrected chi connectivity index (χ1v) is 13.3. The maximum atomic E-state index is 13.8. The van der Waals surface area contributed by atoms with Crippen molar-refractivity contribution in [1.82, 2.24) is 24.6 Å². The molecule has 37 heavy (non-hydrogen) atoms. The molecule has 198 valence electrons. The van der Waals surface area contributed by atoms with Gasteiger partial charge in [-0.3, -0.25) is 4.79 Å². The maximum Gasteiger partial charge on any atom is 0.407 e. The lowest BCUT2D eigenvalue weighted by molar-refractivity contribution is -0.0394. The van der Waals surface area contributed by atoms with Crippen LogP contribution in [0.15, 0.2) is 24.5 Å². The van der Waals surface area contributed by atoms with Crippen molar-refractivity contribution in [3.63, 3.8) is 0 Å². The number of ether oxygens (including phenoxy) is 2. The third kappa shape index (κ3) is 5.17.